The molecule has 1 aromatic carbocycles. The Labute approximate surface area is 166 Å². The number of H-pyrrole nitrogens is 1. The van der Waals surface area contributed by atoms with Gasteiger partial charge in [-0.2, -0.15) is 0 Å². The minimum atomic E-state index is -0.975. The molecule has 0 amide bonds. The van der Waals surface area contributed by atoms with Crippen molar-refractivity contribution < 1.29 is 19.4 Å². The standard InChI is InChI=1S/C21H22N2O6/c1-11-7-17(24)19(20(26)22-11)14(10-18(25)29-4)15-8-12-5-6-13(28-3)9-16(12)23(2)21(15)27/h5-9,14H,10H2,1-4H3,(H2,22,24,26)/t14-/m0/s1. The molecular weight excluding hydrogens is 376 g/mol. The van der Waals surface area contributed by atoms with Gasteiger partial charge >= 0.3 is 5.97 Å². The van der Waals surface area contributed by atoms with Crippen LogP contribution in [0.1, 0.15) is 29.2 Å². The molecule has 29 heavy (non-hydrogen) atoms. The number of esters is 1. The number of hydrogen-bond donors (Lipinski definition) is 2. The summed E-state index contributed by atoms with van der Waals surface area (Å²) < 4.78 is 11.4. The average molecular weight is 398 g/mol. The first-order chi connectivity index (χ1) is 13.8. The predicted octanol–water partition coefficient (Wildman–Crippen LogP) is 1.94. The van der Waals surface area contributed by atoms with Crippen LogP contribution in [0.2, 0.25) is 0 Å². The molecule has 152 valence electrons. The highest BCUT2D eigenvalue weighted by Gasteiger charge is 2.28. The number of aryl methyl sites for hydroxylation is 2. The third kappa shape index (κ3) is 3.73. The van der Waals surface area contributed by atoms with Gasteiger partial charge < -0.3 is 24.1 Å². The number of nitrogens with one attached hydrogen (secondary N) is 1. The molecule has 0 fully saturated rings. The average Bonchev–Trinajstić information content (AvgIpc) is 2.68. The van der Waals surface area contributed by atoms with Crippen LogP contribution >= 0.6 is 0 Å². The van der Waals surface area contributed by atoms with Crippen LogP contribution in [-0.2, 0) is 16.6 Å². The van der Waals surface area contributed by atoms with Crippen molar-refractivity contribution >= 4 is 16.9 Å². The lowest BCUT2D eigenvalue weighted by molar-refractivity contribution is -0.140. The van der Waals surface area contributed by atoms with E-state index in [0.29, 0.717) is 17.0 Å². The second-order valence-corrected chi connectivity index (χ2v) is 6.80. The summed E-state index contributed by atoms with van der Waals surface area (Å²) in [7, 11) is 4.36. The van der Waals surface area contributed by atoms with Gasteiger partial charge in [0.05, 0.1) is 31.7 Å². The monoisotopic (exact) mass is 398 g/mol. The molecule has 2 N–H and O–H groups in total. The Bertz CT molecular complexity index is 1210. The molecule has 0 radical (unpaired) electrons. The number of benzene rings is 1. The minimum Gasteiger partial charge on any atom is -0.507 e. The maximum absolute atomic E-state index is 13.1. The molecule has 0 aliphatic heterocycles. The van der Waals surface area contributed by atoms with Crippen molar-refractivity contribution in [3.05, 3.63) is 67.9 Å². The zero-order chi connectivity index (χ0) is 21.3. The van der Waals surface area contributed by atoms with Gasteiger partial charge in [0, 0.05) is 30.3 Å². The Morgan fingerprint density at radius 2 is 1.93 bits per heavy atom. The number of methoxy groups -OCH3 is 2. The van der Waals surface area contributed by atoms with Gasteiger partial charge in [0.2, 0.25) is 0 Å². The fourth-order valence-corrected chi connectivity index (χ4v) is 3.48. The van der Waals surface area contributed by atoms with E-state index in [-0.39, 0.29) is 28.9 Å². The molecule has 8 nitrogen and oxygen atoms in total. The third-order valence-corrected chi connectivity index (χ3v) is 4.97. The molecule has 0 bridgehead atoms. The summed E-state index contributed by atoms with van der Waals surface area (Å²) >= 11 is 0. The number of pyridine rings is 2. The van der Waals surface area contributed by atoms with E-state index in [0.717, 1.165) is 5.39 Å². The molecule has 2 aromatic heterocycles. The van der Waals surface area contributed by atoms with Gasteiger partial charge in [-0.1, -0.05) is 0 Å². The lowest BCUT2D eigenvalue weighted by atomic mass is 9.88. The number of fused-ring (bicyclic) bond motifs is 1. The molecule has 3 aromatic rings. The van der Waals surface area contributed by atoms with Gasteiger partial charge in [-0.25, -0.2) is 0 Å². The van der Waals surface area contributed by atoms with Crippen LogP contribution in [0, 0.1) is 6.92 Å². The molecule has 0 saturated heterocycles. The fourth-order valence-electron chi connectivity index (χ4n) is 3.48. The molecule has 0 aliphatic carbocycles. The van der Waals surface area contributed by atoms with Crippen LogP contribution in [0.15, 0.2) is 39.9 Å². The van der Waals surface area contributed by atoms with E-state index in [1.54, 1.807) is 38.2 Å². The maximum Gasteiger partial charge on any atom is 0.306 e. The number of ether oxygens (including phenoxy) is 2. The molecular formula is C21H22N2O6. The van der Waals surface area contributed by atoms with E-state index in [9.17, 15) is 19.5 Å². The quantitative estimate of drug-likeness (QED) is 0.636. The summed E-state index contributed by atoms with van der Waals surface area (Å²) in [6, 6.07) is 8.28. The van der Waals surface area contributed by atoms with Gasteiger partial charge in [-0.15, -0.1) is 0 Å². The molecule has 0 aliphatic rings. The van der Waals surface area contributed by atoms with E-state index in [4.69, 9.17) is 9.47 Å². The van der Waals surface area contributed by atoms with Crippen LogP contribution in [-0.4, -0.2) is 34.8 Å². The normalized spacial score (nSPS) is 12.0. The second kappa shape index (κ2) is 7.83. The van der Waals surface area contributed by atoms with Crippen LogP contribution < -0.4 is 15.9 Å². The first kappa shape index (κ1) is 20.2. The van der Waals surface area contributed by atoms with Gasteiger partial charge in [0.1, 0.15) is 11.5 Å². The lowest BCUT2D eigenvalue weighted by Crippen LogP contribution is -2.28. The van der Waals surface area contributed by atoms with Gasteiger partial charge in [-0.05, 0) is 36.6 Å². The zero-order valence-electron chi connectivity index (χ0n) is 16.6. The Kier molecular flexibility index (Phi) is 5.45. The summed E-state index contributed by atoms with van der Waals surface area (Å²) in [5.41, 5.74) is 0.307. The first-order valence-electron chi connectivity index (χ1n) is 8.94. The van der Waals surface area contributed by atoms with Gasteiger partial charge in [-0.3, -0.25) is 14.4 Å². The summed E-state index contributed by atoms with van der Waals surface area (Å²) in [6.45, 7) is 1.63. The van der Waals surface area contributed by atoms with Crippen LogP contribution in [0.3, 0.4) is 0 Å². The summed E-state index contributed by atoms with van der Waals surface area (Å²) in [5.74, 6) is -1.26. The number of carbonyl (C=O) groups is 1. The summed E-state index contributed by atoms with van der Waals surface area (Å²) in [6.07, 6.45) is -0.271. The SMILES string of the molecule is COC(=O)C[C@H](c1c(O)cc(C)[nH]c1=O)c1cc2ccc(OC)cc2n(C)c1=O. The minimum absolute atomic E-state index is 0.0500. The topological polar surface area (TPSA) is 111 Å². The van der Waals surface area contributed by atoms with Crippen molar-refractivity contribution in [1.29, 1.82) is 0 Å². The zero-order valence-corrected chi connectivity index (χ0v) is 16.6. The van der Waals surface area contributed by atoms with Gasteiger partial charge in [0.25, 0.3) is 11.1 Å². The number of carbonyl (C=O) groups excluding carboxylic acids is 1. The molecule has 0 spiro atoms. The Balaban J connectivity index is 2.31. The number of aromatic hydroxyl groups is 1. The predicted molar refractivity (Wildman–Crippen MR) is 108 cm³/mol. The molecule has 2 heterocycles. The van der Waals surface area contributed by atoms with E-state index in [1.165, 1.54) is 24.9 Å². The molecule has 3 rings (SSSR count). The third-order valence-electron chi connectivity index (χ3n) is 4.97. The van der Waals surface area contributed by atoms with Crippen molar-refractivity contribution in [2.24, 2.45) is 7.05 Å². The van der Waals surface area contributed by atoms with Crippen molar-refractivity contribution in [3.8, 4) is 11.5 Å². The van der Waals surface area contributed by atoms with Crippen molar-refractivity contribution in [2.75, 3.05) is 14.2 Å². The smallest absolute Gasteiger partial charge is 0.306 e. The highest BCUT2D eigenvalue weighted by molar-refractivity contribution is 5.82. The fraction of sp³-hybridized carbons (Fsp3) is 0.286. The lowest BCUT2D eigenvalue weighted by Gasteiger charge is -2.19. The number of hydrogen-bond acceptors (Lipinski definition) is 6. The maximum atomic E-state index is 13.1. The Morgan fingerprint density at radius 1 is 1.21 bits per heavy atom. The van der Waals surface area contributed by atoms with Crippen molar-refractivity contribution in [3.63, 3.8) is 0 Å². The van der Waals surface area contributed by atoms with Crippen LogP contribution in [0.25, 0.3) is 10.9 Å². The highest BCUT2D eigenvalue weighted by atomic mass is 16.5. The second-order valence-electron chi connectivity index (χ2n) is 6.80. The number of nitrogens with zero attached hydrogens (tertiary/aromatic N) is 1. The summed E-state index contributed by atoms with van der Waals surface area (Å²) in [5, 5.41) is 11.2. The first-order valence-corrected chi connectivity index (χ1v) is 8.94. The Morgan fingerprint density at radius 3 is 2.55 bits per heavy atom. The highest BCUT2D eigenvalue weighted by Crippen LogP contribution is 2.32. The number of aromatic nitrogens is 2. The molecule has 0 unspecified atom stereocenters. The van der Waals surface area contributed by atoms with E-state index in [2.05, 4.69) is 4.98 Å². The molecule has 1 atom stereocenters. The van der Waals surface area contributed by atoms with E-state index < -0.39 is 17.4 Å². The van der Waals surface area contributed by atoms with Crippen molar-refractivity contribution in [2.45, 2.75) is 19.3 Å². The number of aromatic amines is 1. The summed E-state index contributed by atoms with van der Waals surface area (Å²) in [4.78, 5) is 40.4. The van der Waals surface area contributed by atoms with Crippen molar-refractivity contribution in [1.82, 2.24) is 9.55 Å². The van der Waals surface area contributed by atoms with E-state index >= 15 is 0 Å². The van der Waals surface area contributed by atoms with E-state index in [1.807, 2.05) is 0 Å². The molecule has 8 heteroatoms. The Hall–Kier alpha value is -3.55. The van der Waals surface area contributed by atoms with Crippen LogP contribution in [0.5, 0.6) is 11.5 Å². The van der Waals surface area contributed by atoms with Gasteiger partial charge in [0.15, 0.2) is 0 Å². The van der Waals surface area contributed by atoms with Crippen LogP contribution in [0.4, 0.5) is 0 Å². The molecule has 0 saturated carbocycles. The largest absolute Gasteiger partial charge is 0.507 e. The number of rotatable bonds is 5.